The number of non-ortho nitro benzene ring substituents is 1. The molecule has 1 aliphatic heterocycles. The first-order valence-electron chi connectivity index (χ1n) is 7.32. The second-order valence-electron chi connectivity index (χ2n) is 5.22. The highest BCUT2D eigenvalue weighted by Gasteiger charge is 2.20. The number of nitro groups is 1. The van der Waals surface area contributed by atoms with Gasteiger partial charge in [0.2, 0.25) is 0 Å². The van der Waals surface area contributed by atoms with Crippen LogP contribution in [0.4, 0.5) is 5.69 Å². The molecule has 9 nitrogen and oxygen atoms in total. The molecule has 2 aromatic rings. The number of amides is 1. The molecule has 2 heterocycles. The third-order valence-corrected chi connectivity index (χ3v) is 3.64. The maximum Gasteiger partial charge on any atom is 0.276 e. The summed E-state index contributed by atoms with van der Waals surface area (Å²) in [7, 11) is 0. The van der Waals surface area contributed by atoms with Gasteiger partial charge in [0.25, 0.3) is 11.6 Å². The maximum atomic E-state index is 12.4. The monoisotopic (exact) mass is 352 g/mol. The first-order chi connectivity index (χ1) is 11.1. The van der Waals surface area contributed by atoms with Gasteiger partial charge in [-0.15, -0.1) is 17.5 Å². The van der Waals surface area contributed by atoms with Gasteiger partial charge in [-0.1, -0.05) is 11.3 Å². The summed E-state index contributed by atoms with van der Waals surface area (Å²) in [6.45, 7) is 2.95. The molecule has 0 atom stereocenters. The van der Waals surface area contributed by atoms with Crippen molar-refractivity contribution in [2.45, 2.75) is 6.42 Å². The van der Waals surface area contributed by atoms with E-state index < -0.39 is 4.92 Å². The largest absolute Gasteiger partial charge is 0.336 e. The molecule has 1 aromatic carbocycles. The Kier molecular flexibility index (Phi) is 5.83. The summed E-state index contributed by atoms with van der Waals surface area (Å²) in [4.78, 5) is 24.5. The Labute approximate surface area is 144 Å². The summed E-state index contributed by atoms with van der Waals surface area (Å²) in [5.41, 5.74) is 0.686. The summed E-state index contributed by atoms with van der Waals surface area (Å²) in [5, 5.41) is 21.9. The Hall–Kier alpha value is -2.52. The summed E-state index contributed by atoms with van der Waals surface area (Å²) in [6.07, 6.45) is 2.39. The van der Waals surface area contributed by atoms with Crippen molar-refractivity contribution in [2.75, 3.05) is 26.2 Å². The molecule has 0 bridgehead atoms. The number of aromatic nitrogens is 3. The number of rotatable bonds is 3. The lowest BCUT2D eigenvalue weighted by Crippen LogP contribution is -2.34. The number of nitrogens with zero attached hydrogens (tertiary/aromatic N) is 5. The Bertz CT molecular complexity index is 727. The normalized spacial score (nSPS) is 14.6. The van der Waals surface area contributed by atoms with E-state index in [-0.39, 0.29) is 29.7 Å². The van der Waals surface area contributed by atoms with Crippen LogP contribution in [0, 0.1) is 10.1 Å². The van der Waals surface area contributed by atoms with Gasteiger partial charge in [0.05, 0.1) is 16.8 Å². The summed E-state index contributed by atoms with van der Waals surface area (Å²) in [6, 6.07) is 6.03. The predicted octanol–water partition coefficient (Wildman–Crippen LogP) is 1.03. The van der Waals surface area contributed by atoms with E-state index in [1.54, 1.807) is 17.0 Å². The van der Waals surface area contributed by atoms with Gasteiger partial charge in [-0.25, -0.2) is 4.68 Å². The number of halogens is 1. The van der Waals surface area contributed by atoms with Gasteiger partial charge in [-0.3, -0.25) is 14.9 Å². The molecule has 1 N–H and O–H groups in total. The average Bonchev–Trinajstić information content (AvgIpc) is 2.90. The number of nitrogens with one attached hydrogen (secondary N) is 1. The van der Waals surface area contributed by atoms with Crippen LogP contribution in [0.5, 0.6) is 0 Å². The third kappa shape index (κ3) is 3.87. The van der Waals surface area contributed by atoms with Gasteiger partial charge in [0.15, 0.2) is 5.69 Å². The second-order valence-corrected chi connectivity index (χ2v) is 5.22. The molecule has 0 aliphatic carbocycles. The highest BCUT2D eigenvalue weighted by molar-refractivity contribution is 5.92. The van der Waals surface area contributed by atoms with Gasteiger partial charge >= 0.3 is 0 Å². The molecular formula is C14H17ClN6O3. The van der Waals surface area contributed by atoms with Crippen LogP contribution in [0.25, 0.3) is 5.69 Å². The molecule has 1 saturated heterocycles. The van der Waals surface area contributed by atoms with Gasteiger partial charge in [-0.2, -0.15) is 0 Å². The number of hydrogen-bond acceptors (Lipinski definition) is 6. The van der Waals surface area contributed by atoms with Crippen molar-refractivity contribution >= 4 is 24.0 Å². The molecule has 1 aromatic heterocycles. The molecule has 24 heavy (non-hydrogen) atoms. The van der Waals surface area contributed by atoms with Crippen LogP contribution < -0.4 is 5.32 Å². The second kappa shape index (κ2) is 7.84. The molecule has 1 aliphatic rings. The summed E-state index contributed by atoms with van der Waals surface area (Å²) < 4.78 is 1.37. The lowest BCUT2D eigenvalue weighted by Gasteiger charge is -2.17. The van der Waals surface area contributed by atoms with Gasteiger partial charge in [0.1, 0.15) is 0 Å². The lowest BCUT2D eigenvalue weighted by molar-refractivity contribution is -0.384. The minimum absolute atomic E-state index is 0. The van der Waals surface area contributed by atoms with Crippen LogP contribution in [-0.4, -0.2) is 56.9 Å². The van der Waals surface area contributed by atoms with Crippen LogP contribution in [0.15, 0.2) is 30.5 Å². The SMILES string of the molecule is Cl.O=C(c1cn(-c2cccc([N+](=O)[O-])c2)nn1)N1CCCNCC1. The molecule has 3 rings (SSSR count). The fourth-order valence-electron chi connectivity index (χ4n) is 2.45. The summed E-state index contributed by atoms with van der Waals surface area (Å²) in [5.74, 6) is -0.176. The Morgan fingerprint density at radius 2 is 2.12 bits per heavy atom. The molecule has 128 valence electrons. The van der Waals surface area contributed by atoms with Crippen LogP contribution in [0.2, 0.25) is 0 Å². The van der Waals surface area contributed by atoms with Crippen LogP contribution in [0.1, 0.15) is 16.9 Å². The zero-order valence-electron chi connectivity index (χ0n) is 12.8. The highest BCUT2D eigenvalue weighted by atomic mass is 35.5. The predicted molar refractivity (Wildman–Crippen MR) is 88.7 cm³/mol. The van der Waals surface area contributed by atoms with Crippen molar-refractivity contribution in [1.29, 1.82) is 0 Å². The van der Waals surface area contributed by atoms with Crippen molar-refractivity contribution in [3.05, 3.63) is 46.3 Å². The minimum Gasteiger partial charge on any atom is -0.336 e. The quantitative estimate of drug-likeness (QED) is 0.653. The van der Waals surface area contributed by atoms with E-state index in [2.05, 4.69) is 15.6 Å². The maximum absolute atomic E-state index is 12.4. The number of carbonyl (C=O) groups excluding carboxylic acids is 1. The minimum atomic E-state index is -0.475. The first kappa shape index (κ1) is 17.8. The van der Waals surface area contributed by atoms with Crippen LogP contribution in [0.3, 0.4) is 0 Å². The van der Waals surface area contributed by atoms with E-state index in [9.17, 15) is 14.9 Å². The zero-order valence-corrected chi connectivity index (χ0v) is 13.6. The fourth-order valence-corrected chi connectivity index (χ4v) is 2.45. The fraction of sp³-hybridized carbons (Fsp3) is 0.357. The Morgan fingerprint density at radius 1 is 1.29 bits per heavy atom. The number of hydrogen-bond donors (Lipinski definition) is 1. The van der Waals surface area contributed by atoms with Crippen molar-refractivity contribution < 1.29 is 9.72 Å². The van der Waals surface area contributed by atoms with E-state index in [4.69, 9.17) is 0 Å². The molecule has 1 fully saturated rings. The van der Waals surface area contributed by atoms with Gasteiger partial charge < -0.3 is 10.2 Å². The van der Waals surface area contributed by atoms with Crippen LogP contribution in [-0.2, 0) is 0 Å². The van der Waals surface area contributed by atoms with Crippen LogP contribution >= 0.6 is 12.4 Å². The lowest BCUT2D eigenvalue weighted by atomic mass is 10.3. The van der Waals surface area contributed by atoms with E-state index in [1.165, 1.54) is 23.0 Å². The van der Waals surface area contributed by atoms with E-state index in [0.717, 1.165) is 19.5 Å². The number of benzene rings is 1. The molecule has 0 radical (unpaired) electrons. The molecule has 0 unspecified atom stereocenters. The highest BCUT2D eigenvalue weighted by Crippen LogP contribution is 2.16. The molecule has 1 amide bonds. The van der Waals surface area contributed by atoms with Crippen molar-refractivity contribution in [3.8, 4) is 5.69 Å². The Morgan fingerprint density at radius 3 is 2.92 bits per heavy atom. The number of carbonyl (C=O) groups is 1. The van der Waals surface area contributed by atoms with Crippen molar-refractivity contribution in [1.82, 2.24) is 25.2 Å². The number of nitro benzene ring substituents is 1. The average molecular weight is 353 g/mol. The molecule has 10 heteroatoms. The van der Waals surface area contributed by atoms with E-state index in [1.807, 2.05) is 0 Å². The molecule has 0 spiro atoms. The van der Waals surface area contributed by atoms with E-state index >= 15 is 0 Å². The third-order valence-electron chi connectivity index (χ3n) is 3.64. The summed E-state index contributed by atoms with van der Waals surface area (Å²) >= 11 is 0. The standard InChI is InChI=1S/C14H16N6O3.ClH/c21-14(18-7-2-5-15-6-8-18)13-10-19(17-16-13)11-3-1-4-12(9-11)20(22)23;/h1,3-4,9-10,15H,2,5-8H2;1H. The molecular weight excluding hydrogens is 336 g/mol. The first-order valence-corrected chi connectivity index (χ1v) is 7.32. The molecule has 0 saturated carbocycles. The van der Waals surface area contributed by atoms with Crippen molar-refractivity contribution in [2.24, 2.45) is 0 Å². The topological polar surface area (TPSA) is 106 Å². The van der Waals surface area contributed by atoms with Gasteiger partial charge in [-0.05, 0) is 19.0 Å². The van der Waals surface area contributed by atoms with E-state index in [0.29, 0.717) is 18.8 Å². The Balaban J connectivity index is 0.00000208. The zero-order chi connectivity index (χ0) is 16.2. The van der Waals surface area contributed by atoms with Gasteiger partial charge in [0, 0.05) is 31.8 Å². The smallest absolute Gasteiger partial charge is 0.276 e. The van der Waals surface area contributed by atoms with Crippen molar-refractivity contribution in [3.63, 3.8) is 0 Å².